The maximum atomic E-state index is 11.9. The molecule has 3 rings (SSSR count). The Morgan fingerprint density at radius 3 is 2.88 bits per heavy atom. The molecule has 0 unspecified atom stereocenters. The number of rotatable bonds is 5. The number of ether oxygens (including phenoxy) is 1. The topological polar surface area (TPSA) is 103 Å². The molecule has 1 saturated heterocycles. The molecule has 0 bridgehead atoms. The van der Waals surface area contributed by atoms with Crippen LogP contribution in [0.5, 0.6) is 0 Å². The molecule has 1 fully saturated rings. The highest BCUT2D eigenvalue weighted by molar-refractivity contribution is 7.91. The van der Waals surface area contributed by atoms with E-state index >= 15 is 0 Å². The van der Waals surface area contributed by atoms with Gasteiger partial charge < -0.3 is 14.5 Å². The molecule has 1 amide bonds. The molecular weight excluding hydrogens is 346 g/mol. The van der Waals surface area contributed by atoms with E-state index < -0.39 is 34.4 Å². The standard InChI is InChI=1S/C17H19NO6S/c1-11-2-3-14-12(8-23-15(14)6-11)7-17(20)24-9-16(19)18-13-4-5-25(21,22)10-13/h2-3,6,8,13H,4-5,7,9-10H2,1H3,(H,18,19)/t13-/m0/s1. The summed E-state index contributed by atoms with van der Waals surface area (Å²) in [4.78, 5) is 23.7. The number of fused-ring (bicyclic) bond motifs is 1. The highest BCUT2D eigenvalue weighted by atomic mass is 32.2. The van der Waals surface area contributed by atoms with Crippen molar-refractivity contribution in [3.8, 4) is 0 Å². The minimum atomic E-state index is -3.06. The highest BCUT2D eigenvalue weighted by Gasteiger charge is 2.29. The van der Waals surface area contributed by atoms with Crippen LogP contribution in [-0.4, -0.2) is 44.4 Å². The third-order valence-electron chi connectivity index (χ3n) is 4.11. The van der Waals surface area contributed by atoms with Gasteiger partial charge in [-0.1, -0.05) is 12.1 Å². The van der Waals surface area contributed by atoms with Gasteiger partial charge in [-0.2, -0.15) is 0 Å². The Morgan fingerprint density at radius 1 is 1.36 bits per heavy atom. The molecule has 0 saturated carbocycles. The summed E-state index contributed by atoms with van der Waals surface area (Å²) in [6, 6.07) is 5.28. The average Bonchev–Trinajstić information content (AvgIpc) is 3.08. The number of sulfone groups is 1. The second kappa shape index (κ2) is 6.87. The van der Waals surface area contributed by atoms with E-state index in [1.807, 2.05) is 25.1 Å². The number of nitrogens with one attached hydrogen (secondary N) is 1. The van der Waals surface area contributed by atoms with Gasteiger partial charge in [0.2, 0.25) is 0 Å². The molecule has 8 heteroatoms. The van der Waals surface area contributed by atoms with Crippen LogP contribution in [-0.2, 0) is 30.6 Å². The SMILES string of the molecule is Cc1ccc2c(CC(=O)OCC(=O)N[C@H]3CCS(=O)(=O)C3)coc2c1. The van der Waals surface area contributed by atoms with E-state index in [4.69, 9.17) is 9.15 Å². The second-order valence-corrected chi connectivity index (χ2v) is 8.49. The van der Waals surface area contributed by atoms with Crippen LogP contribution in [0, 0.1) is 6.92 Å². The minimum absolute atomic E-state index is 0.00114. The smallest absolute Gasteiger partial charge is 0.310 e. The molecule has 25 heavy (non-hydrogen) atoms. The molecule has 1 aromatic heterocycles. The fraction of sp³-hybridized carbons (Fsp3) is 0.412. The third kappa shape index (κ3) is 4.39. The number of benzene rings is 1. The molecule has 1 atom stereocenters. The molecule has 0 radical (unpaired) electrons. The van der Waals surface area contributed by atoms with E-state index in [0.717, 1.165) is 10.9 Å². The number of carbonyl (C=O) groups excluding carboxylic acids is 2. The van der Waals surface area contributed by atoms with E-state index in [2.05, 4.69) is 5.32 Å². The first kappa shape index (κ1) is 17.5. The summed E-state index contributed by atoms with van der Waals surface area (Å²) in [5, 5.41) is 3.41. The van der Waals surface area contributed by atoms with Crippen molar-refractivity contribution in [2.75, 3.05) is 18.1 Å². The summed E-state index contributed by atoms with van der Waals surface area (Å²) in [5.74, 6) is -1.03. The predicted molar refractivity (Wildman–Crippen MR) is 90.8 cm³/mol. The quantitative estimate of drug-likeness (QED) is 0.797. The maximum absolute atomic E-state index is 11.9. The minimum Gasteiger partial charge on any atom is -0.464 e. The summed E-state index contributed by atoms with van der Waals surface area (Å²) in [7, 11) is -3.06. The van der Waals surface area contributed by atoms with Gasteiger partial charge in [-0.05, 0) is 25.0 Å². The van der Waals surface area contributed by atoms with Crippen LogP contribution >= 0.6 is 0 Å². The lowest BCUT2D eigenvalue weighted by atomic mass is 10.1. The summed E-state index contributed by atoms with van der Waals surface area (Å²) >= 11 is 0. The molecule has 1 aliphatic rings. The Bertz CT molecular complexity index is 914. The Balaban J connectivity index is 1.50. The lowest BCUT2D eigenvalue weighted by Crippen LogP contribution is -2.38. The van der Waals surface area contributed by atoms with Gasteiger partial charge in [-0.25, -0.2) is 8.42 Å². The van der Waals surface area contributed by atoms with Crippen LogP contribution in [0.1, 0.15) is 17.5 Å². The molecular formula is C17H19NO6S. The molecule has 1 N–H and O–H groups in total. The highest BCUT2D eigenvalue weighted by Crippen LogP contribution is 2.22. The van der Waals surface area contributed by atoms with Crippen LogP contribution < -0.4 is 5.32 Å². The van der Waals surface area contributed by atoms with Gasteiger partial charge in [0.25, 0.3) is 5.91 Å². The van der Waals surface area contributed by atoms with Crippen LogP contribution in [0.25, 0.3) is 11.0 Å². The lowest BCUT2D eigenvalue weighted by Gasteiger charge is -2.10. The Labute approximate surface area is 145 Å². The zero-order valence-corrected chi connectivity index (χ0v) is 14.6. The first-order valence-electron chi connectivity index (χ1n) is 7.94. The van der Waals surface area contributed by atoms with Crippen LogP contribution in [0.2, 0.25) is 0 Å². The Hall–Kier alpha value is -2.35. The zero-order valence-electron chi connectivity index (χ0n) is 13.8. The van der Waals surface area contributed by atoms with Crippen molar-refractivity contribution in [3.63, 3.8) is 0 Å². The number of amides is 1. The molecule has 2 heterocycles. The number of furan rings is 1. The number of aryl methyl sites for hydroxylation is 1. The normalized spacial score (nSPS) is 19.0. The van der Waals surface area contributed by atoms with E-state index in [-0.39, 0.29) is 17.9 Å². The monoisotopic (exact) mass is 365 g/mol. The van der Waals surface area contributed by atoms with Gasteiger partial charge in [-0.15, -0.1) is 0 Å². The largest absolute Gasteiger partial charge is 0.464 e. The van der Waals surface area contributed by atoms with Gasteiger partial charge in [0.1, 0.15) is 5.58 Å². The Morgan fingerprint density at radius 2 is 2.16 bits per heavy atom. The van der Waals surface area contributed by atoms with Crippen molar-refractivity contribution in [3.05, 3.63) is 35.6 Å². The summed E-state index contributed by atoms with van der Waals surface area (Å²) in [6.07, 6.45) is 1.90. The van der Waals surface area contributed by atoms with Gasteiger partial charge >= 0.3 is 5.97 Å². The molecule has 1 aromatic carbocycles. The number of esters is 1. The molecule has 1 aliphatic heterocycles. The van der Waals surface area contributed by atoms with Crippen molar-refractivity contribution < 1.29 is 27.2 Å². The van der Waals surface area contributed by atoms with Crippen molar-refractivity contribution in [2.24, 2.45) is 0 Å². The van der Waals surface area contributed by atoms with Crippen molar-refractivity contribution in [1.82, 2.24) is 5.32 Å². The van der Waals surface area contributed by atoms with Gasteiger partial charge in [0.15, 0.2) is 16.4 Å². The van der Waals surface area contributed by atoms with Crippen LogP contribution in [0.4, 0.5) is 0 Å². The van der Waals surface area contributed by atoms with E-state index in [1.54, 1.807) is 0 Å². The van der Waals surface area contributed by atoms with Gasteiger partial charge in [0, 0.05) is 17.0 Å². The van der Waals surface area contributed by atoms with Crippen LogP contribution in [0.3, 0.4) is 0 Å². The first-order valence-corrected chi connectivity index (χ1v) is 9.77. The third-order valence-corrected chi connectivity index (χ3v) is 5.88. The summed E-state index contributed by atoms with van der Waals surface area (Å²) in [5.41, 5.74) is 2.45. The molecule has 7 nitrogen and oxygen atoms in total. The fourth-order valence-corrected chi connectivity index (χ4v) is 4.53. The van der Waals surface area contributed by atoms with Crippen molar-refractivity contribution >= 4 is 32.7 Å². The molecule has 2 aromatic rings. The Kier molecular flexibility index (Phi) is 4.80. The van der Waals surface area contributed by atoms with Crippen molar-refractivity contribution in [1.29, 1.82) is 0 Å². The van der Waals surface area contributed by atoms with E-state index in [9.17, 15) is 18.0 Å². The second-order valence-electron chi connectivity index (χ2n) is 6.27. The average molecular weight is 365 g/mol. The summed E-state index contributed by atoms with van der Waals surface area (Å²) in [6.45, 7) is 1.52. The van der Waals surface area contributed by atoms with E-state index in [1.165, 1.54) is 6.26 Å². The van der Waals surface area contributed by atoms with Gasteiger partial charge in [0.05, 0.1) is 24.2 Å². The van der Waals surface area contributed by atoms with Crippen molar-refractivity contribution in [2.45, 2.75) is 25.8 Å². The fourth-order valence-electron chi connectivity index (χ4n) is 2.86. The number of carbonyl (C=O) groups is 2. The first-order chi connectivity index (χ1) is 11.8. The molecule has 0 spiro atoms. The van der Waals surface area contributed by atoms with E-state index in [0.29, 0.717) is 17.6 Å². The summed E-state index contributed by atoms with van der Waals surface area (Å²) < 4.78 is 33.1. The van der Waals surface area contributed by atoms with Crippen LogP contribution in [0.15, 0.2) is 28.9 Å². The zero-order chi connectivity index (χ0) is 18.0. The number of hydrogen-bond acceptors (Lipinski definition) is 6. The van der Waals surface area contributed by atoms with Gasteiger partial charge in [-0.3, -0.25) is 9.59 Å². The molecule has 0 aliphatic carbocycles. The molecule has 134 valence electrons. The maximum Gasteiger partial charge on any atom is 0.310 e. The predicted octanol–water partition coefficient (Wildman–Crippen LogP) is 1.13. The number of hydrogen-bond donors (Lipinski definition) is 1. The lowest BCUT2D eigenvalue weighted by molar-refractivity contribution is -0.148.